The van der Waals surface area contributed by atoms with Crippen molar-refractivity contribution >= 4 is 23.2 Å². The number of nitrogens with zero attached hydrogens (tertiary/aromatic N) is 3. The molecule has 0 aliphatic heterocycles. The molecule has 1 N–H and O–H groups in total. The molecule has 8 heteroatoms. The van der Waals surface area contributed by atoms with Gasteiger partial charge in [0.2, 0.25) is 0 Å². The van der Waals surface area contributed by atoms with Crippen LogP contribution in [0.5, 0.6) is 11.5 Å². The van der Waals surface area contributed by atoms with Gasteiger partial charge in [-0.2, -0.15) is 0 Å². The average Bonchev–Trinajstić information content (AvgIpc) is 3.19. The molecule has 6 nitrogen and oxygen atoms in total. The lowest BCUT2D eigenvalue weighted by molar-refractivity contribution is 0.292. The lowest BCUT2D eigenvalue weighted by atomic mass is 10.1. The quantitative estimate of drug-likeness (QED) is 0.298. The van der Waals surface area contributed by atoms with Gasteiger partial charge in [-0.15, -0.1) is 0 Å². The van der Waals surface area contributed by atoms with Gasteiger partial charge in [-0.05, 0) is 49.2 Å². The van der Waals surface area contributed by atoms with Gasteiger partial charge in [-0.3, -0.25) is 4.98 Å². The van der Waals surface area contributed by atoms with Crippen molar-refractivity contribution < 1.29 is 9.47 Å². The van der Waals surface area contributed by atoms with Crippen LogP contribution in [0.4, 0.5) is 0 Å². The highest BCUT2D eigenvalue weighted by Crippen LogP contribution is 2.37. The maximum Gasteiger partial charge on any atom is 0.140 e. The Labute approximate surface area is 196 Å². The van der Waals surface area contributed by atoms with Gasteiger partial charge in [-0.1, -0.05) is 36.2 Å². The van der Waals surface area contributed by atoms with Crippen LogP contribution in [0.3, 0.4) is 0 Å². The number of hydrogen-bond donors (Lipinski definition) is 1. The molecule has 0 saturated heterocycles. The summed E-state index contributed by atoms with van der Waals surface area (Å²) in [6.45, 7) is 4.98. The number of pyridine rings is 2. The van der Waals surface area contributed by atoms with E-state index >= 15 is 0 Å². The minimum atomic E-state index is 0.365. The molecule has 4 rings (SSSR count). The molecule has 0 unspecified atom stereocenters. The molecule has 0 spiro atoms. The lowest BCUT2D eigenvalue weighted by Gasteiger charge is -2.13. The van der Waals surface area contributed by atoms with E-state index in [1.165, 1.54) is 0 Å². The number of hydrogen-bond acceptors (Lipinski definition) is 5. The fraction of sp³-hybridized carbons (Fsp3) is 0.208. The Kier molecular flexibility index (Phi) is 6.93. The Hall–Kier alpha value is -3.09. The SMILES string of the molecule is CCCOc1cc(OCc2ccc(C)cn2)ccc1-c1nc(-c2ccc(Cl)nc2)[nH]c1Cl. The molecular weight excluding hydrogens is 447 g/mol. The van der Waals surface area contributed by atoms with Crippen molar-refractivity contribution in [2.24, 2.45) is 0 Å². The smallest absolute Gasteiger partial charge is 0.140 e. The fourth-order valence-corrected chi connectivity index (χ4v) is 3.39. The van der Waals surface area contributed by atoms with E-state index in [-0.39, 0.29) is 0 Å². The number of ether oxygens (including phenoxy) is 2. The maximum absolute atomic E-state index is 6.50. The summed E-state index contributed by atoms with van der Waals surface area (Å²) < 4.78 is 11.9. The number of rotatable bonds is 8. The van der Waals surface area contributed by atoms with E-state index < -0.39 is 0 Å². The van der Waals surface area contributed by atoms with Crippen LogP contribution in [0.15, 0.2) is 54.9 Å². The zero-order chi connectivity index (χ0) is 22.5. The van der Waals surface area contributed by atoms with Crippen molar-refractivity contribution in [2.75, 3.05) is 6.61 Å². The van der Waals surface area contributed by atoms with Crippen LogP contribution in [0.2, 0.25) is 10.3 Å². The zero-order valence-electron chi connectivity index (χ0n) is 17.7. The van der Waals surface area contributed by atoms with Crippen molar-refractivity contribution in [3.05, 3.63) is 76.4 Å². The van der Waals surface area contributed by atoms with Gasteiger partial charge in [0.15, 0.2) is 0 Å². The summed E-state index contributed by atoms with van der Waals surface area (Å²) in [5, 5.41) is 0.826. The van der Waals surface area contributed by atoms with Crippen molar-refractivity contribution in [1.82, 2.24) is 19.9 Å². The minimum absolute atomic E-state index is 0.365. The highest BCUT2D eigenvalue weighted by atomic mass is 35.5. The van der Waals surface area contributed by atoms with E-state index in [2.05, 4.69) is 26.9 Å². The first-order chi connectivity index (χ1) is 15.5. The van der Waals surface area contributed by atoms with Gasteiger partial charge < -0.3 is 14.5 Å². The summed E-state index contributed by atoms with van der Waals surface area (Å²) >= 11 is 12.4. The van der Waals surface area contributed by atoms with E-state index in [1.54, 1.807) is 12.3 Å². The van der Waals surface area contributed by atoms with Crippen LogP contribution >= 0.6 is 23.2 Å². The number of aromatic nitrogens is 4. The monoisotopic (exact) mass is 468 g/mol. The van der Waals surface area contributed by atoms with Crippen LogP contribution in [0.25, 0.3) is 22.6 Å². The highest BCUT2D eigenvalue weighted by Gasteiger charge is 2.17. The summed E-state index contributed by atoms with van der Waals surface area (Å²) in [7, 11) is 0. The topological polar surface area (TPSA) is 72.9 Å². The van der Waals surface area contributed by atoms with Gasteiger partial charge in [0.1, 0.15) is 39.9 Å². The predicted octanol–water partition coefficient (Wildman–Crippen LogP) is 6.52. The van der Waals surface area contributed by atoms with Crippen LogP contribution in [0.1, 0.15) is 24.6 Å². The third kappa shape index (κ3) is 5.21. The normalized spacial score (nSPS) is 10.9. The number of nitrogens with one attached hydrogen (secondary N) is 1. The molecule has 1 aromatic carbocycles. The van der Waals surface area contributed by atoms with Gasteiger partial charge in [-0.25, -0.2) is 9.97 Å². The molecule has 4 aromatic rings. The van der Waals surface area contributed by atoms with Gasteiger partial charge in [0.05, 0.1) is 12.3 Å². The van der Waals surface area contributed by atoms with E-state index in [0.717, 1.165) is 28.8 Å². The summed E-state index contributed by atoms with van der Waals surface area (Å²) in [5.41, 5.74) is 4.11. The van der Waals surface area contributed by atoms with Gasteiger partial charge in [0, 0.05) is 29.6 Å². The van der Waals surface area contributed by atoms with E-state index in [0.29, 0.717) is 46.5 Å². The molecule has 3 heterocycles. The Bertz CT molecular complexity index is 1190. The second-order valence-corrected chi connectivity index (χ2v) is 8.00. The van der Waals surface area contributed by atoms with Gasteiger partial charge >= 0.3 is 0 Å². The van der Waals surface area contributed by atoms with Crippen LogP contribution in [0, 0.1) is 6.92 Å². The number of aryl methyl sites for hydroxylation is 1. The second kappa shape index (κ2) is 10.0. The third-order valence-electron chi connectivity index (χ3n) is 4.69. The predicted molar refractivity (Wildman–Crippen MR) is 126 cm³/mol. The Balaban J connectivity index is 1.61. The largest absolute Gasteiger partial charge is 0.493 e. The Morgan fingerprint density at radius 2 is 1.84 bits per heavy atom. The van der Waals surface area contributed by atoms with Crippen LogP contribution in [-0.4, -0.2) is 26.5 Å². The first kappa shape index (κ1) is 22.1. The van der Waals surface area contributed by atoms with E-state index in [9.17, 15) is 0 Å². The molecule has 3 aromatic heterocycles. The number of halogens is 2. The molecule has 0 aliphatic rings. The van der Waals surface area contributed by atoms with Crippen molar-refractivity contribution in [3.8, 4) is 34.1 Å². The number of benzene rings is 1. The summed E-state index contributed by atoms with van der Waals surface area (Å²) in [6, 6.07) is 13.1. The highest BCUT2D eigenvalue weighted by molar-refractivity contribution is 6.32. The van der Waals surface area contributed by atoms with Crippen molar-refractivity contribution in [1.29, 1.82) is 0 Å². The number of imidazole rings is 1. The number of aromatic amines is 1. The minimum Gasteiger partial charge on any atom is -0.493 e. The number of H-pyrrole nitrogens is 1. The molecule has 0 saturated carbocycles. The third-order valence-corrected chi connectivity index (χ3v) is 5.19. The van der Waals surface area contributed by atoms with Gasteiger partial charge in [0.25, 0.3) is 0 Å². The maximum atomic E-state index is 6.50. The molecule has 0 radical (unpaired) electrons. The van der Waals surface area contributed by atoms with Crippen molar-refractivity contribution in [3.63, 3.8) is 0 Å². The Morgan fingerprint density at radius 1 is 0.969 bits per heavy atom. The molecule has 0 amide bonds. The molecule has 32 heavy (non-hydrogen) atoms. The van der Waals surface area contributed by atoms with E-state index in [4.69, 9.17) is 32.7 Å². The molecule has 0 fully saturated rings. The van der Waals surface area contributed by atoms with E-state index in [1.807, 2.05) is 49.5 Å². The molecular formula is C24H22Cl2N4O2. The fourth-order valence-electron chi connectivity index (χ4n) is 3.04. The first-order valence-electron chi connectivity index (χ1n) is 10.2. The van der Waals surface area contributed by atoms with Crippen LogP contribution < -0.4 is 9.47 Å². The standard InChI is InChI=1S/C24H22Cl2N4O2/c1-3-10-31-20-11-18(32-14-17-6-4-15(2)12-27-17)7-8-19(20)22-23(26)30-24(29-22)16-5-9-21(25)28-13-16/h4-9,11-13H,3,10,14H2,1-2H3,(H,29,30). The Morgan fingerprint density at radius 3 is 2.56 bits per heavy atom. The molecule has 0 atom stereocenters. The first-order valence-corrected chi connectivity index (χ1v) is 11.0. The molecule has 0 aliphatic carbocycles. The summed E-state index contributed by atoms with van der Waals surface area (Å²) in [4.78, 5) is 16.3. The second-order valence-electron chi connectivity index (χ2n) is 7.24. The van der Waals surface area contributed by atoms with Crippen LogP contribution in [-0.2, 0) is 6.61 Å². The average molecular weight is 469 g/mol. The summed E-state index contributed by atoms with van der Waals surface area (Å²) in [5.74, 6) is 1.92. The van der Waals surface area contributed by atoms with Crippen molar-refractivity contribution in [2.45, 2.75) is 26.9 Å². The lowest BCUT2D eigenvalue weighted by Crippen LogP contribution is -2.01. The molecule has 0 bridgehead atoms. The molecule has 164 valence electrons. The summed E-state index contributed by atoms with van der Waals surface area (Å²) in [6.07, 6.45) is 4.34. The zero-order valence-corrected chi connectivity index (χ0v) is 19.2.